The fourth-order valence-corrected chi connectivity index (χ4v) is 1.76. The number of anilines is 1. The van der Waals surface area contributed by atoms with Gasteiger partial charge < -0.3 is 10.4 Å². The number of phenols is 1. The van der Waals surface area contributed by atoms with E-state index in [0.29, 0.717) is 0 Å². The molecule has 0 radical (unpaired) electrons. The van der Waals surface area contributed by atoms with E-state index in [9.17, 15) is 27.5 Å². The lowest BCUT2D eigenvalue weighted by Gasteiger charge is -2.14. The van der Waals surface area contributed by atoms with Crippen LogP contribution < -0.4 is 5.32 Å². The monoisotopic (exact) mass is 299 g/mol. The van der Waals surface area contributed by atoms with Crippen molar-refractivity contribution in [2.45, 2.75) is 6.18 Å². The first-order chi connectivity index (χ1) is 9.80. The van der Waals surface area contributed by atoms with Crippen LogP contribution in [0, 0.1) is 5.82 Å². The van der Waals surface area contributed by atoms with E-state index in [1.54, 1.807) is 0 Å². The minimum Gasteiger partial charge on any atom is -0.507 e. The van der Waals surface area contributed by atoms with Gasteiger partial charge in [-0.2, -0.15) is 13.2 Å². The van der Waals surface area contributed by atoms with Crippen LogP contribution in [-0.2, 0) is 6.18 Å². The molecular weight excluding hydrogens is 290 g/mol. The zero-order valence-electron chi connectivity index (χ0n) is 10.4. The summed E-state index contributed by atoms with van der Waals surface area (Å²) >= 11 is 0. The molecule has 2 aromatic rings. The van der Waals surface area contributed by atoms with Crippen LogP contribution in [0.5, 0.6) is 5.75 Å². The number of hydrogen-bond acceptors (Lipinski definition) is 2. The van der Waals surface area contributed by atoms with Crippen molar-refractivity contribution >= 4 is 11.6 Å². The number of benzene rings is 2. The summed E-state index contributed by atoms with van der Waals surface area (Å²) in [6.45, 7) is 0. The number of phenolic OH excluding ortho intramolecular Hbond substituents is 1. The van der Waals surface area contributed by atoms with Crippen molar-refractivity contribution in [3.8, 4) is 5.75 Å². The number of carbonyl (C=O) groups excluding carboxylic acids is 1. The summed E-state index contributed by atoms with van der Waals surface area (Å²) in [6, 6.07) is 7.45. The van der Waals surface area contributed by atoms with Gasteiger partial charge in [0, 0.05) is 0 Å². The van der Waals surface area contributed by atoms with Gasteiger partial charge in [0.15, 0.2) is 0 Å². The minimum atomic E-state index is -4.67. The van der Waals surface area contributed by atoms with Crippen LogP contribution in [0.25, 0.3) is 0 Å². The average molecular weight is 299 g/mol. The molecule has 0 fully saturated rings. The molecule has 0 aliphatic rings. The first-order valence-electron chi connectivity index (χ1n) is 5.76. The predicted octanol–water partition coefficient (Wildman–Crippen LogP) is 3.80. The third-order valence-electron chi connectivity index (χ3n) is 2.70. The Kier molecular flexibility index (Phi) is 3.84. The van der Waals surface area contributed by atoms with E-state index in [0.717, 1.165) is 24.3 Å². The van der Waals surface area contributed by atoms with Crippen LogP contribution in [0.15, 0.2) is 42.5 Å². The molecule has 0 unspecified atom stereocenters. The molecule has 0 saturated heterocycles. The van der Waals surface area contributed by atoms with E-state index in [-0.39, 0.29) is 0 Å². The van der Waals surface area contributed by atoms with Gasteiger partial charge in [0.05, 0.1) is 11.3 Å². The first kappa shape index (κ1) is 14.8. The first-order valence-corrected chi connectivity index (χ1v) is 5.76. The van der Waals surface area contributed by atoms with Crippen LogP contribution in [0.4, 0.5) is 23.2 Å². The smallest absolute Gasteiger partial charge is 0.418 e. The summed E-state index contributed by atoms with van der Waals surface area (Å²) in [4.78, 5) is 11.9. The van der Waals surface area contributed by atoms with E-state index in [1.807, 2.05) is 5.32 Å². The molecule has 0 bridgehead atoms. The highest BCUT2D eigenvalue weighted by molar-refractivity contribution is 6.06. The summed E-state index contributed by atoms with van der Waals surface area (Å²) in [5.41, 5.74) is -2.29. The van der Waals surface area contributed by atoms with Gasteiger partial charge in [-0.25, -0.2) is 4.39 Å². The molecule has 110 valence electrons. The Bertz CT molecular complexity index is 663. The molecule has 0 aliphatic carbocycles. The van der Waals surface area contributed by atoms with Crippen LogP contribution in [0.2, 0.25) is 0 Å². The quantitative estimate of drug-likeness (QED) is 0.829. The zero-order chi connectivity index (χ0) is 15.6. The predicted molar refractivity (Wildman–Crippen MR) is 67.5 cm³/mol. The van der Waals surface area contributed by atoms with Crippen molar-refractivity contribution in [2.24, 2.45) is 0 Å². The normalized spacial score (nSPS) is 11.2. The zero-order valence-corrected chi connectivity index (χ0v) is 10.4. The van der Waals surface area contributed by atoms with Crippen LogP contribution in [-0.4, -0.2) is 11.0 Å². The number of nitrogens with one attached hydrogen (secondary N) is 1. The second-order valence-electron chi connectivity index (χ2n) is 4.13. The molecule has 0 aliphatic heterocycles. The van der Waals surface area contributed by atoms with Crippen molar-refractivity contribution in [3.05, 3.63) is 59.4 Å². The summed E-state index contributed by atoms with van der Waals surface area (Å²) < 4.78 is 51.9. The number of carbonyl (C=O) groups is 1. The van der Waals surface area contributed by atoms with Gasteiger partial charge in [0.1, 0.15) is 17.1 Å². The number of amides is 1. The average Bonchev–Trinajstić information content (AvgIpc) is 2.37. The second-order valence-corrected chi connectivity index (χ2v) is 4.13. The largest absolute Gasteiger partial charge is 0.507 e. The molecular formula is C14H9F4NO2. The molecule has 0 spiro atoms. The number of halogens is 4. The summed E-state index contributed by atoms with van der Waals surface area (Å²) in [7, 11) is 0. The molecule has 3 nitrogen and oxygen atoms in total. The maximum Gasteiger partial charge on any atom is 0.418 e. The Hall–Kier alpha value is -2.57. The molecule has 2 rings (SSSR count). The van der Waals surface area contributed by atoms with E-state index in [1.165, 1.54) is 18.2 Å². The van der Waals surface area contributed by atoms with Crippen LogP contribution in [0.3, 0.4) is 0 Å². The Morgan fingerprint density at radius 1 is 1.05 bits per heavy atom. The number of alkyl halides is 3. The van der Waals surface area contributed by atoms with Gasteiger partial charge in [0.25, 0.3) is 5.91 Å². The second kappa shape index (κ2) is 5.43. The van der Waals surface area contributed by atoms with Gasteiger partial charge in [-0.05, 0) is 24.3 Å². The summed E-state index contributed by atoms with van der Waals surface area (Å²) in [6.07, 6.45) is -4.67. The van der Waals surface area contributed by atoms with Crippen LogP contribution in [0.1, 0.15) is 15.9 Å². The highest BCUT2D eigenvalue weighted by Crippen LogP contribution is 2.35. The van der Waals surface area contributed by atoms with E-state index in [2.05, 4.69) is 0 Å². The number of rotatable bonds is 2. The molecule has 2 N–H and O–H groups in total. The van der Waals surface area contributed by atoms with Crippen molar-refractivity contribution in [1.29, 1.82) is 0 Å². The Morgan fingerprint density at radius 3 is 2.33 bits per heavy atom. The van der Waals surface area contributed by atoms with Gasteiger partial charge in [-0.1, -0.05) is 18.2 Å². The highest BCUT2D eigenvalue weighted by Gasteiger charge is 2.33. The van der Waals surface area contributed by atoms with Gasteiger partial charge in [0.2, 0.25) is 0 Å². The molecule has 21 heavy (non-hydrogen) atoms. The molecule has 0 saturated carbocycles. The maximum atomic E-state index is 13.5. The van der Waals surface area contributed by atoms with Crippen LogP contribution >= 0.6 is 0 Å². The van der Waals surface area contributed by atoms with E-state index < -0.39 is 40.5 Å². The molecule has 2 aromatic carbocycles. The Balaban J connectivity index is 2.38. The van der Waals surface area contributed by atoms with Crippen molar-refractivity contribution in [2.75, 3.05) is 5.32 Å². The lowest BCUT2D eigenvalue weighted by Crippen LogP contribution is -2.17. The fourth-order valence-electron chi connectivity index (χ4n) is 1.76. The molecule has 0 aromatic heterocycles. The lowest BCUT2D eigenvalue weighted by atomic mass is 10.1. The number of aromatic hydroxyl groups is 1. The fraction of sp³-hybridized carbons (Fsp3) is 0.0714. The molecule has 7 heteroatoms. The highest BCUT2D eigenvalue weighted by atomic mass is 19.4. The number of para-hydroxylation sites is 1. The van der Waals surface area contributed by atoms with Gasteiger partial charge in [-0.15, -0.1) is 0 Å². The Morgan fingerprint density at radius 2 is 1.71 bits per heavy atom. The van der Waals surface area contributed by atoms with E-state index in [4.69, 9.17) is 0 Å². The van der Waals surface area contributed by atoms with Crippen molar-refractivity contribution in [3.63, 3.8) is 0 Å². The number of hydrogen-bond donors (Lipinski definition) is 2. The van der Waals surface area contributed by atoms with Gasteiger partial charge in [-0.3, -0.25) is 4.79 Å². The maximum absolute atomic E-state index is 13.5. The SMILES string of the molecule is O=C(Nc1ccccc1C(F)(F)F)c1c(O)cccc1F. The molecule has 0 heterocycles. The summed E-state index contributed by atoms with van der Waals surface area (Å²) in [5, 5.41) is 11.4. The Labute approximate surface area is 116 Å². The van der Waals surface area contributed by atoms with E-state index >= 15 is 0 Å². The lowest BCUT2D eigenvalue weighted by molar-refractivity contribution is -0.136. The topological polar surface area (TPSA) is 49.3 Å². The third kappa shape index (κ3) is 3.13. The van der Waals surface area contributed by atoms with Gasteiger partial charge >= 0.3 is 6.18 Å². The van der Waals surface area contributed by atoms with Crippen molar-refractivity contribution in [1.82, 2.24) is 0 Å². The summed E-state index contributed by atoms with van der Waals surface area (Å²) in [5.74, 6) is -2.85. The van der Waals surface area contributed by atoms with Crippen molar-refractivity contribution < 1.29 is 27.5 Å². The minimum absolute atomic E-state index is 0.516. The molecule has 0 atom stereocenters. The molecule has 1 amide bonds. The third-order valence-corrected chi connectivity index (χ3v) is 2.70. The standard InChI is InChI=1S/C14H9F4NO2/c15-9-5-3-7-11(20)12(9)13(21)19-10-6-2-1-4-8(10)14(16,17)18/h1-7,20H,(H,19,21).